The van der Waals surface area contributed by atoms with Gasteiger partial charge in [-0.05, 0) is 0 Å². The number of hydrogen-bond acceptors (Lipinski definition) is 16. The van der Waals surface area contributed by atoms with Crippen molar-refractivity contribution >= 4 is 30.3 Å². The van der Waals surface area contributed by atoms with E-state index in [2.05, 4.69) is 0 Å². The molecule has 0 spiro atoms. The van der Waals surface area contributed by atoms with Gasteiger partial charge in [0.25, 0.3) is 6.47 Å². The lowest BCUT2D eigenvalue weighted by Crippen LogP contribution is -2.66. The van der Waals surface area contributed by atoms with Gasteiger partial charge in [-0.25, -0.2) is 0 Å². The summed E-state index contributed by atoms with van der Waals surface area (Å²) in [5.41, 5.74) is 0. The number of aliphatic hydroxyl groups is 3. The van der Waals surface area contributed by atoms with Gasteiger partial charge in [0, 0.05) is 27.7 Å². The molecule has 0 aliphatic carbocycles. The van der Waals surface area contributed by atoms with E-state index in [0.29, 0.717) is 0 Å². The fourth-order valence-corrected chi connectivity index (χ4v) is 3.87. The molecule has 210 valence electrons. The summed E-state index contributed by atoms with van der Waals surface area (Å²) in [7, 11) is 0. The number of carbonyl (C=O) groups is 5. The van der Waals surface area contributed by atoms with Crippen molar-refractivity contribution in [1.82, 2.24) is 0 Å². The van der Waals surface area contributed by atoms with Crippen LogP contribution >= 0.6 is 0 Å². The first kappa shape index (κ1) is 30.3. The van der Waals surface area contributed by atoms with Crippen LogP contribution < -0.4 is 0 Å². The van der Waals surface area contributed by atoms with Gasteiger partial charge in [-0.1, -0.05) is 0 Å². The zero-order chi connectivity index (χ0) is 27.9. The van der Waals surface area contributed by atoms with Gasteiger partial charge in [0.15, 0.2) is 43.1 Å². The lowest BCUT2D eigenvalue weighted by Gasteiger charge is -2.47. The minimum absolute atomic E-state index is 0.0356. The Morgan fingerprint density at radius 2 is 1.32 bits per heavy atom. The van der Waals surface area contributed by atoms with Crippen LogP contribution in [0.4, 0.5) is 0 Å². The molecule has 0 aromatic heterocycles. The molecule has 0 bridgehead atoms. The first-order valence-corrected chi connectivity index (χ1v) is 11.1. The fourth-order valence-electron chi connectivity index (χ4n) is 3.87. The molecule has 3 N–H and O–H groups in total. The summed E-state index contributed by atoms with van der Waals surface area (Å²) in [6.45, 7) is 2.86. The van der Waals surface area contributed by atoms with Crippen LogP contribution in [0.3, 0.4) is 0 Å². The zero-order valence-electron chi connectivity index (χ0n) is 20.4. The Kier molecular flexibility index (Phi) is 11.1. The standard InChI is InChI=1S/C21H30O16/c1-8(24)30-6-13-15(32-9(2)25)17(34-11(4)27)19(31-7-23)21(36-13)37-18-16(33-10(3)26)14(28)12(5-22)35-20(18)29/h7,12-22,28-29H,5-6H2,1-4H3/t12-,13+,14+,15+,16-,17-,18-,19-,20-,21+/m0/s1. The van der Waals surface area contributed by atoms with Gasteiger partial charge in [0.2, 0.25) is 0 Å². The van der Waals surface area contributed by atoms with E-state index in [1.54, 1.807) is 0 Å². The van der Waals surface area contributed by atoms with Crippen molar-refractivity contribution in [3.63, 3.8) is 0 Å². The highest BCUT2D eigenvalue weighted by atomic mass is 16.8. The second kappa shape index (κ2) is 13.6. The first-order valence-electron chi connectivity index (χ1n) is 11.1. The average Bonchev–Trinajstić information content (AvgIpc) is 2.79. The lowest BCUT2D eigenvalue weighted by atomic mass is 9.96. The summed E-state index contributed by atoms with van der Waals surface area (Å²) in [5, 5.41) is 30.4. The number of rotatable bonds is 10. The third-order valence-corrected chi connectivity index (χ3v) is 5.27. The number of carbonyl (C=O) groups excluding carboxylic acids is 5. The molecule has 16 heteroatoms. The largest absolute Gasteiger partial charge is 0.463 e. The topological polar surface area (TPSA) is 220 Å². The fraction of sp³-hybridized carbons (Fsp3) is 0.762. The molecule has 37 heavy (non-hydrogen) atoms. The number of ether oxygens (including phenoxy) is 8. The number of esters is 4. The van der Waals surface area contributed by atoms with Crippen LogP contribution in [0.1, 0.15) is 27.7 Å². The molecule has 0 amide bonds. The molecular formula is C21H30O16. The summed E-state index contributed by atoms with van der Waals surface area (Å²) in [5.74, 6) is -3.34. The van der Waals surface area contributed by atoms with Gasteiger partial charge in [-0.15, -0.1) is 0 Å². The van der Waals surface area contributed by atoms with Crippen LogP contribution in [0.5, 0.6) is 0 Å². The minimum atomic E-state index is -1.91. The van der Waals surface area contributed by atoms with Crippen LogP contribution in [0.15, 0.2) is 0 Å². The summed E-state index contributed by atoms with van der Waals surface area (Å²) >= 11 is 0. The second-order valence-electron chi connectivity index (χ2n) is 8.10. The van der Waals surface area contributed by atoms with Crippen LogP contribution in [-0.4, -0.2) is 120 Å². The van der Waals surface area contributed by atoms with Crippen LogP contribution in [-0.2, 0) is 61.9 Å². The smallest absolute Gasteiger partial charge is 0.303 e. The molecule has 0 unspecified atom stereocenters. The molecule has 2 aliphatic rings. The van der Waals surface area contributed by atoms with Gasteiger partial charge in [0.1, 0.15) is 24.9 Å². The summed E-state index contributed by atoms with van der Waals surface area (Å²) in [6.07, 6.45) is -16.0. The Hall–Kier alpha value is -2.89. The third kappa shape index (κ3) is 8.05. The predicted octanol–water partition coefficient (Wildman–Crippen LogP) is -2.93. The van der Waals surface area contributed by atoms with Gasteiger partial charge in [-0.2, -0.15) is 0 Å². The normalized spacial score (nSPS) is 35.5. The van der Waals surface area contributed by atoms with E-state index in [4.69, 9.17) is 37.9 Å². The zero-order valence-corrected chi connectivity index (χ0v) is 20.4. The van der Waals surface area contributed by atoms with Gasteiger partial charge in [0.05, 0.1) is 6.61 Å². The predicted molar refractivity (Wildman–Crippen MR) is 112 cm³/mol. The van der Waals surface area contributed by atoms with E-state index in [9.17, 15) is 39.3 Å². The minimum Gasteiger partial charge on any atom is -0.463 e. The van der Waals surface area contributed by atoms with E-state index in [0.717, 1.165) is 27.7 Å². The summed E-state index contributed by atoms with van der Waals surface area (Å²) in [4.78, 5) is 58.0. The van der Waals surface area contributed by atoms with Gasteiger partial charge >= 0.3 is 23.9 Å². The Balaban J connectivity index is 2.47. The third-order valence-electron chi connectivity index (χ3n) is 5.27. The van der Waals surface area contributed by atoms with Crippen molar-refractivity contribution in [2.24, 2.45) is 0 Å². The van der Waals surface area contributed by atoms with E-state index in [-0.39, 0.29) is 6.47 Å². The Labute approximate surface area is 210 Å². The molecule has 2 heterocycles. The maximum Gasteiger partial charge on any atom is 0.303 e. The average molecular weight is 538 g/mol. The van der Waals surface area contributed by atoms with Gasteiger partial charge < -0.3 is 53.2 Å². The van der Waals surface area contributed by atoms with E-state index >= 15 is 0 Å². The molecule has 2 fully saturated rings. The van der Waals surface area contributed by atoms with E-state index in [1.807, 2.05) is 0 Å². The molecule has 0 aromatic carbocycles. The first-order chi connectivity index (χ1) is 17.4. The summed E-state index contributed by atoms with van der Waals surface area (Å²) < 4.78 is 42.1. The maximum absolute atomic E-state index is 11.9. The number of aliphatic hydroxyl groups excluding tert-OH is 3. The second-order valence-corrected chi connectivity index (χ2v) is 8.10. The molecule has 2 aliphatic heterocycles. The SMILES string of the molecule is CC(=O)OC[C@H]1O[C@H](O[C@H]2[C@@H](OC(C)=O)[C@H](O)[C@H](CO)O[C@@H]2O)[C@@H](OC=O)[C@@H](OC(C)=O)[C@@H]1OC(C)=O. The van der Waals surface area contributed by atoms with Crippen LogP contribution in [0, 0.1) is 0 Å². The molecule has 10 atom stereocenters. The van der Waals surface area contributed by atoms with Crippen molar-refractivity contribution in [3.8, 4) is 0 Å². The highest BCUT2D eigenvalue weighted by Gasteiger charge is 2.55. The van der Waals surface area contributed by atoms with E-state index in [1.165, 1.54) is 0 Å². The molecule has 0 saturated carbocycles. The van der Waals surface area contributed by atoms with Crippen LogP contribution in [0.25, 0.3) is 0 Å². The van der Waals surface area contributed by atoms with Gasteiger partial charge in [-0.3, -0.25) is 24.0 Å². The van der Waals surface area contributed by atoms with Crippen molar-refractivity contribution in [2.45, 2.75) is 89.1 Å². The molecule has 16 nitrogen and oxygen atoms in total. The molecule has 0 aromatic rings. The highest BCUT2D eigenvalue weighted by Crippen LogP contribution is 2.33. The molecule has 2 rings (SSSR count). The highest BCUT2D eigenvalue weighted by molar-refractivity contribution is 5.68. The van der Waals surface area contributed by atoms with Crippen LogP contribution in [0.2, 0.25) is 0 Å². The Bertz CT molecular complexity index is 831. The Morgan fingerprint density at radius 3 is 1.84 bits per heavy atom. The quantitative estimate of drug-likeness (QED) is 0.144. The van der Waals surface area contributed by atoms with Crippen molar-refractivity contribution in [1.29, 1.82) is 0 Å². The lowest BCUT2D eigenvalue weighted by molar-refractivity contribution is -0.362. The van der Waals surface area contributed by atoms with Crippen molar-refractivity contribution in [3.05, 3.63) is 0 Å². The maximum atomic E-state index is 11.9. The molecular weight excluding hydrogens is 508 g/mol. The Morgan fingerprint density at radius 1 is 0.757 bits per heavy atom. The van der Waals surface area contributed by atoms with Crippen molar-refractivity contribution in [2.75, 3.05) is 13.2 Å². The molecule has 0 radical (unpaired) electrons. The molecule has 2 saturated heterocycles. The monoisotopic (exact) mass is 538 g/mol. The summed E-state index contributed by atoms with van der Waals surface area (Å²) in [6, 6.07) is 0. The van der Waals surface area contributed by atoms with E-state index < -0.39 is 98.5 Å². The van der Waals surface area contributed by atoms with Crippen molar-refractivity contribution < 1.29 is 77.2 Å². The number of hydrogen-bond donors (Lipinski definition) is 3.